The molecule has 2 rings (SSSR count). The first-order valence-corrected chi connectivity index (χ1v) is 7.55. The number of carbonyl (C=O) groups is 2. The first kappa shape index (κ1) is 16.8. The second kappa shape index (κ2) is 6.67. The van der Waals surface area contributed by atoms with E-state index in [2.05, 4.69) is 5.32 Å². The van der Waals surface area contributed by atoms with Crippen molar-refractivity contribution < 1.29 is 19.1 Å². The number of halogens is 1. The molecule has 1 fully saturated rings. The molecule has 1 saturated heterocycles. The third-order valence-corrected chi connectivity index (χ3v) is 3.42. The minimum Gasteiger partial charge on any atom is -0.444 e. The largest absolute Gasteiger partial charge is 0.444 e. The Kier molecular flexibility index (Phi) is 5.08. The third-order valence-electron chi connectivity index (χ3n) is 3.18. The molecule has 120 valence electrons. The smallest absolute Gasteiger partial charge is 0.412 e. The second-order valence-electron chi connectivity index (χ2n) is 6.24. The van der Waals surface area contributed by atoms with Gasteiger partial charge >= 0.3 is 6.09 Å². The predicted molar refractivity (Wildman–Crippen MR) is 84.6 cm³/mol. The van der Waals surface area contributed by atoms with Crippen LogP contribution in [-0.2, 0) is 9.47 Å². The van der Waals surface area contributed by atoms with Crippen molar-refractivity contribution >= 4 is 29.2 Å². The molecule has 5 nitrogen and oxygen atoms in total. The van der Waals surface area contributed by atoms with E-state index in [1.807, 2.05) is 0 Å². The fraction of sp³-hybridized carbons (Fsp3) is 0.500. The molecule has 1 amide bonds. The molecule has 0 bridgehead atoms. The lowest BCUT2D eigenvalue weighted by Crippen LogP contribution is -2.28. The summed E-state index contributed by atoms with van der Waals surface area (Å²) in [6, 6.07) is 4.80. The van der Waals surface area contributed by atoms with Crippen LogP contribution in [0.4, 0.5) is 10.5 Å². The first-order chi connectivity index (χ1) is 10.3. The molecule has 1 aromatic carbocycles. The molecule has 6 heteroatoms. The van der Waals surface area contributed by atoms with Gasteiger partial charge in [-0.3, -0.25) is 10.1 Å². The minimum absolute atomic E-state index is 0.0553. The van der Waals surface area contributed by atoms with Gasteiger partial charge < -0.3 is 9.47 Å². The van der Waals surface area contributed by atoms with E-state index in [1.54, 1.807) is 39.0 Å². The lowest BCUT2D eigenvalue weighted by Gasteiger charge is -2.20. The van der Waals surface area contributed by atoms with Crippen LogP contribution in [0.5, 0.6) is 0 Å². The number of ketones is 1. The van der Waals surface area contributed by atoms with Gasteiger partial charge in [0.1, 0.15) is 5.60 Å². The van der Waals surface area contributed by atoms with E-state index in [0.717, 1.165) is 0 Å². The lowest BCUT2D eigenvalue weighted by molar-refractivity contribution is 0.0636. The van der Waals surface area contributed by atoms with E-state index < -0.39 is 11.7 Å². The molecule has 22 heavy (non-hydrogen) atoms. The molecule has 1 heterocycles. The average molecular weight is 326 g/mol. The van der Waals surface area contributed by atoms with Crippen molar-refractivity contribution in [1.29, 1.82) is 0 Å². The topological polar surface area (TPSA) is 64.6 Å². The van der Waals surface area contributed by atoms with E-state index in [9.17, 15) is 9.59 Å². The van der Waals surface area contributed by atoms with Crippen molar-refractivity contribution in [1.82, 2.24) is 0 Å². The van der Waals surface area contributed by atoms with Gasteiger partial charge in [-0.2, -0.15) is 0 Å². The van der Waals surface area contributed by atoms with Gasteiger partial charge in [0, 0.05) is 23.1 Å². The highest BCUT2D eigenvalue weighted by atomic mass is 35.5. The van der Waals surface area contributed by atoms with Gasteiger partial charge in [0.15, 0.2) is 5.78 Å². The minimum atomic E-state index is -0.619. The van der Waals surface area contributed by atoms with Crippen molar-refractivity contribution in [2.24, 2.45) is 5.92 Å². The Morgan fingerprint density at radius 2 is 2.09 bits per heavy atom. The number of anilines is 1. The van der Waals surface area contributed by atoms with Gasteiger partial charge in [-0.25, -0.2) is 4.79 Å². The number of carbonyl (C=O) groups excluding carboxylic acids is 2. The average Bonchev–Trinajstić information content (AvgIpc) is 2.89. The van der Waals surface area contributed by atoms with Crippen molar-refractivity contribution in [2.45, 2.75) is 32.8 Å². The molecule has 0 aromatic heterocycles. The highest BCUT2D eigenvalue weighted by molar-refractivity contribution is 6.31. The molecule has 1 atom stereocenters. The van der Waals surface area contributed by atoms with Gasteiger partial charge in [-0.05, 0) is 45.4 Å². The maximum absolute atomic E-state index is 12.5. The Labute approximate surface area is 134 Å². The van der Waals surface area contributed by atoms with Gasteiger partial charge in [0.25, 0.3) is 0 Å². The van der Waals surface area contributed by atoms with Gasteiger partial charge in [-0.15, -0.1) is 0 Å². The maximum Gasteiger partial charge on any atom is 0.412 e. The SMILES string of the molecule is CC(C)(C)OC(=O)Nc1cc(Cl)ccc1C(=O)C1CCOC1. The van der Waals surface area contributed by atoms with Crippen molar-refractivity contribution in [2.75, 3.05) is 18.5 Å². The standard InChI is InChI=1S/C16H20ClNO4/c1-16(2,3)22-15(20)18-13-8-11(17)4-5-12(13)14(19)10-6-7-21-9-10/h4-5,8,10H,6-7,9H2,1-3H3,(H,18,20). The molecule has 1 aliphatic heterocycles. The molecule has 0 aliphatic carbocycles. The highest BCUT2D eigenvalue weighted by Crippen LogP contribution is 2.27. The molecule has 0 radical (unpaired) electrons. The summed E-state index contributed by atoms with van der Waals surface area (Å²) < 4.78 is 10.5. The van der Waals surface area contributed by atoms with Gasteiger partial charge in [0.05, 0.1) is 12.3 Å². The van der Waals surface area contributed by atoms with E-state index in [-0.39, 0.29) is 11.7 Å². The normalized spacial score (nSPS) is 18.1. The van der Waals surface area contributed by atoms with Crippen molar-refractivity contribution in [3.63, 3.8) is 0 Å². The summed E-state index contributed by atoms with van der Waals surface area (Å²) >= 11 is 5.97. The number of benzene rings is 1. The van der Waals surface area contributed by atoms with Crippen molar-refractivity contribution in [3.05, 3.63) is 28.8 Å². The number of amides is 1. The van der Waals surface area contributed by atoms with Crippen LogP contribution in [0, 0.1) is 5.92 Å². The van der Waals surface area contributed by atoms with E-state index in [1.165, 1.54) is 0 Å². The summed E-state index contributed by atoms with van der Waals surface area (Å²) in [6.07, 6.45) is 0.0688. The van der Waals surface area contributed by atoms with Gasteiger partial charge in [-0.1, -0.05) is 11.6 Å². The second-order valence-corrected chi connectivity index (χ2v) is 6.68. The zero-order valence-electron chi connectivity index (χ0n) is 12.9. The Balaban J connectivity index is 2.20. The Hall–Kier alpha value is -1.59. The number of hydrogen-bond donors (Lipinski definition) is 1. The third kappa shape index (κ3) is 4.45. The van der Waals surface area contributed by atoms with Crippen LogP contribution in [0.15, 0.2) is 18.2 Å². The molecule has 0 spiro atoms. The summed E-state index contributed by atoms with van der Waals surface area (Å²) in [5, 5.41) is 3.04. The van der Waals surface area contributed by atoms with Crippen LogP contribution in [0.1, 0.15) is 37.6 Å². The zero-order valence-corrected chi connectivity index (χ0v) is 13.7. The van der Waals surface area contributed by atoms with Crippen LogP contribution >= 0.6 is 11.6 Å². The Bertz CT molecular complexity index is 574. The van der Waals surface area contributed by atoms with E-state index >= 15 is 0 Å². The summed E-state index contributed by atoms with van der Waals surface area (Å²) in [6.45, 7) is 6.30. The molecule has 1 N–H and O–H groups in total. The Morgan fingerprint density at radius 1 is 1.36 bits per heavy atom. The number of Topliss-reactive ketones (excluding diaryl/α,β-unsaturated/α-hetero) is 1. The van der Waals surface area contributed by atoms with Crippen LogP contribution < -0.4 is 5.32 Å². The monoisotopic (exact) mass is 325 g/mol. The zero-order chi connectivity index (χ0) is 16.3. The number of rotatable bonds is 3. The fourth-order valence-electron chi connectivity index (χ4n) is 2.21. The summed E-state index contributed by atoms with van der Waals surface area (Å²) in [5.74, 6) is -0.236. The van der Waals surface area contributed by atoms with E-state index in [4.69, 9.17) is 21.1 Å². The van der Waals surface area contributed by atoms with Crippen LogP contribution in [0.25, 0.3) is 0 Å². The first-order valence-electron chi connectivity index (χ1n) is 7.18. The molecule has 1 aliphatic rings. The maximum atomic E-state index is 12.5. The molecule has 1 aromatic rings. The highest BCUT2D eigenvalue weighted by Gasteiger charge is 2.27. The number of hydrogen-bond acceptors (Lipinski definition) is 4. The van der Waals surface area contributed by atoms with Crippen LogP contribution in [0.3, 0.4) is 0 Å². The fourth-order valence-corrected chi connectivity index (χ4v) is 2.38. The predicted octanol–water partition coefficient (Wildman–Crippen LogP) is 3.91. The summed E-state index contributed by atoms with van der Waals surface area (Å²) in [4.78, 5) is 24.5. The lowest BCUT2D eigenvalue weighted by atomic mass is 9.96. The number of ether oxygens (including phenoxy) is 2. The quantitative estimate of drug-likeness (QED) is 0.856. The Morgan fingerprint density at radius 3 is 2.68 bits per heavy atom. The summed E-state index contributed by atoms with van der Waals surface area (Å²) in [5.41, 5.74) is 0.163. The molecule has 1 unspecified atom stereocenters. The van der Waals surface area contributed by atoms with Gasteiger partial charge in [0.2, 0.25) is 0 Å². The van der Waals surface area contributed by atoms with Crippen molar-refractivity contribution in [3.8, 4) is 0 Å². The molecular weight excluding hydrogens is 306 g/mol. The van der Waals surface area contributed by atoms with Crippen LogP contribution in [0.2, 0.25) is 5.02 Å². The molecular formula is C16H20ClNO4. The summed E-state index contributed by atoms with van der Waals surface area (Å²) in [7, 11) is 0. The van der Waals surface area contributed by atoms with E-state index in [0.29, 0.717) is 35.9 Å². The number of nitrogens with one attached hydrogen (secondary N) is 1. The van der Waals surface area contributed by atoms with Crippen LogP contribution in [-0.4, -0.2) is 30.7 Å². The molecule has 0 saturated carbocycles.